The summed E-state index contributed by atoms with van der Waals surface area (Å²) in [7, 11) is 0. The van der Waals surface area contributed by atoms with E-state index in [1.165, 1.54) is 16.7 Å². The summed E-state index contributed by atoms with van der Waals surface area (Å²) in [5, 5.41) is 4.10. The molecule has 1 saturated heterocycles. The molecule has 6 heteroatoms. The smallest absolute Gasteiger partial charge is 0.227 e. The van der Waals surface area contributed by atoms with Crippen LogP contribution in [0.5, 0.6) is 0 Å². The highest BCUT2D eigenvalue weighted by atomic mass is 16.5. The minimum Gasteiger partial charge on any atom is -0.341 e. The van der Waals surface area contributed by atoms with E-state index in [2.05, 4.69) is 72.2 Å². The minimum atomic E-state index is 0.160. The average molecular weight is 447 g/mol. The molecule has 3 aromatic rings. The number of aryl methyl sites for hydroxylation is 2. The van der Waals surface area contributed by atoms with Crippen molar-refractivity contribution in [3.63, 3.8) is 0 Å². The number of amides is 1. The van der Waals surface area contributed by atoms with Gasteiger partial charge in [-0.25, -0.2) is 0 Å². The van der Waals surface area contributed by atoms with Crippen LogP contribution in [0.4, 0.5) is 0 Å². The van der Waals surface area contributed by atoms with Crippen molar-refractivity contribution in [1.29, 1.82) is 0 Å². The van der Waals surface area contributed by atoms with Gasteiger partial charge in [-0.15, -0.1) is 0 Å². The Morgan fingerprint density at radius 1 is 1.00 bits per heavy atom. The van der Waals surface area contributed by atoms with Gasteiger partial charge in [-0.3, -0.25) is 9.69 Å². The van der Waals surface area contributed by atoms with E-state index in [4.69, 9.17) is 4.52 Å². The van der Waals surface area contributed by atoms with Crippen LogP contribution in [0.25, 0.3) is 11.4 Å². The van der Waals surface area contributed by atoms with E-state index < -0.39 is 0 Å². The third-order valence-electron chi connectivity index (χ3n) is 6.32. The van der Waals surface area contributed by atoms with Crippen LogP contribution >= 0.6 is 0 Å². The number of rotatable bonds is 7. The Balaban J connectivity index is 1.26. The fourth-order valence-corrected chi connectivity index (χ4v) is 4.19. The number of benzene rings is 2. The van der Waals surface area contributed by atoms with Crippen molar-refractivity contribution in [3.8, 4) is 11.4 Å². The van der Waals surface area contributed by atoms with E-state index in [1.54, 1.807) is 0 Å². The Morgan fingerprint density at radius 3 is 2.48 bits per heavy atom. The zero-order chi connectivity index (χ0) is 23.2. The van der Waals surface area contributed by atoms with Crippen LogP contribution in [0.2, 0.25) is 0 Å². The summed E-state index contributed by atoms with van der Waals surface area (Å²) in [5.74, 6) is 1.74. The predicted molar refractivity (Wildman–Crippen MR) is 130 cm³/mol. The number of aromatic nitrogens is 2. The van der Waals surface area contributed by atoms with Gasteiger partial charge in [-0.05, 0) is 30.4 Å². The zero-order valence-corrected chi connectivity index (χ0v) is 20.0. The summed E-state index contributed by atoms with van der Waals surface area (Å²) < 4.78 is 5.41. The molecule has 0 N–H and O–H groups in total. The lowest BCUT2D eigenvalue weighted by Crippen LogP contribution is -2.35. The third kappa shape index (κ3) is 6.29. The molecule has 174 valence electrons. The molecular weight excluding hydrogens is 412 g/mol. The predicted octanol–water partition coefficient (Wildman–Crippen LogP) is 4.84. The monoisotopic (exact) mass is 446 g/mol. The maximum absolute atomic E-state index is 12.8. The maximum atomic E-state index is 12.8. The molecular formula is C27H34N4O2. The first-order valence-corrected chi connectivity index (χ1v) is 12.0. The molecule has 2 heterocycles. The van der Waals surface area contributed by atoms with Crippen LogP contribution in [0, 0.1) is 6.92 Å². The first kappa shape index (κ1) is 23.2. The van der Waals surface area contributed by atoms with Crippen molar-refractivity contribution in [2.24, 2.45) is 0 Å². The molecule has 33 heavy (non-hydrogen) atoms. The Morgan fingerprint density at radius 2 is 1.76 bits per heavy atom. The van der Waals surface area contributed by atoms with E-state index in [0.29, 0.717) is 30.5 Å². The topological polar surface area (TPSA) is 62.5 Å². The van der Waals surface area contributed by atoms with Gasteiger partial charge in [-0.1, -0.05) is 73.1 Å². The number of hydrogen-bond donors (Lipinski definition) is 0. The highest BCUT2D eigenvalue weighted by molar-refractivity contribution is 5.76. The van der Waals surface area contributed by atoms with Crippen molar-refractivity contribution in [1.82, 2.24) is 19.9 Å². The van der Waals surface area contributed by atoms with Gasteiger partial charge in [0, 0.05) is 51.1 Å². The summed E-state index contributed by atoms with van der Waals surface area (Å²) in [6, 6.07) is 17.0. The molecule has 6 nitrogen and oxygen atoms in total. The van der Waals surface area contributed by atoms with Crippen molar-refractivity contribution < 1.29 is 9.32 Å². The Hall–Kier alpha value is -2.99. The van der Waals surface area contributed by atoms with Crippen LogP contribution in [-0.4, -0.2) is 52.0 Å². The fourth-order valence-electron chi connectivity index (χ4n) is 4.19. The Kier molecular flexibility index (Phi) is 7.55. The molecule has 1 amide bonds. The molecule has 2 aromatic carbocycles. The molecule has 0 atom stereocenters. The first-order valence-electron chi connectivity index (χ1n) is 12.0. The van der Waals surface area contributed by atoms with Gasteiger partial charge in [0.1, 0.15) is 0 Å². The second-order valence-electron chi connectivity index (χ2n) is 9.28. The molecule has 0 radical (unpaired) electrons. The molecule has 1 aromatic heterocycles. The molecule has 4 rings (SSSR count). The van der Waals surface area contributed by atoms with E-state index in [0.717, 1.165) is 44.7 Å². The molecule has 0 bridgehead atoms. The average Bonchev–Trinajstić information content (AvgIpc) is 3.17. The molecule has 0 saturated carbocycles. The SMILES string of the molecule is Cc1ccc(CN2CCCN(C(=O)CCc3nc(-c4ccc(C(C)C)cc4)no3)CC2)cc1. The van der Waals surface area contributed by atoms with Gasteiger partial charge in [0.05, 0.1) is 0 Å². The summed E-state index contributed by atoms with van der Waals surface area (Å²) in [4.78, 5) is 21.7. The summed E-state index contributed by atoms with van der Waals surface area (Å²) in [6.07, 6.45) is 1.86. The normalized spacial score (nSPS) is 15.1. The molecule has 1 aliphatic heterocycles. The van der Waals surface area contributed by atoms with Crippen molar-refractivity contribution >= 4 is 5.91 Å². The van der Waals surface area contributed by atoms with E-state index in [9.17, 15) is 4.79 Å². The number of carbonyl (C=O) groups is 1. The van der Waals surface area contributed by atoms with E-state index in [-0.39, 0.29) is 5.91 Å². The van der Waals surface area contributed by atoms with E-state index >= 15 is 0 Å². The molecule has 0 unspecified atom stereocenters. The number of carbonyl (C=O) groups excluding carboxylic acids is 1. The minimum absolute atomic E-state index is 0.160. The zero-order valence-electron chi connectivity index (χ0n) is 20.0. The van der Waals surface area contributed by atoms with Gasteiger partial charge >= 0.3 is 0 Å². The first-order chi connectivity index (χ1) is 16.0. The number of hydrogen-bond acceptors (Lipinski definition) is 5. The lowest BCUT2D eigenvalue weighted by Gasteiger charge is -2.22. The molecule has 1 fully saturated rings. The Labute approximate surface area is 196 Å². The lowest BCUT2D eigenvalue weighted by molar-refractivity contribution is -0.131. The van der Waals surface area contributed by atoms with Gasteiger partial charge < -0.3 is 9.42 Å². The Bertz CT molecular complexity index is 1040. The van der Waals surface area contributed by atoms with Crippen LogP contribution in [0.3, 0.4) is 0 Å². The molecule has 0 aliphatic carbocycles. The third-order valence-corrected chi connectivity index (χ3v) is 6.32. The van der Waals surface area contributed by atoms with E-state index in [1.807, 2.05) is 17.0 Å². The van der Waals surface area contributed by atoms with Crippen molar-refractivity contribution in [3.05, 3.63) is 71.1 Å². The lowest BCUT2D eigenvalue weighted by atomic mass is 10.0. The second kappa shape index (κ2) is 10.8. The standard InChI is InChI=1S/C27H34N4O2/c1-20(2)23-9-11-24(12-10-23)27-28-25(33-29-27)13-14-26(32)31-16-4-15-30(17-18-31)19-22-7-5-21(3)6-8-22/h5-12,20H,4,13-19H2,1-3H3. The van der Waals surface area contributed by atoms with Crippen LogP contribution < -0.4 is 0 Å². The quantitative estimate of drug-likeness (QED) is 0.520. The van der Waals surface area contributed by atoms with Gasteiger partial charge in [0.25, 0.3) is 0 Å². The summed E-state index contributed by atoms with van der Waals surface area (Å²) in [6.45, 7) is 10.9. The van der Waals surface area contributed by atoms with Gasteiger partial charge in [-0.2, -0.15) is 4.98 Å². The molecule has 1 aliphatic rings. The fraction of sp³-hybridized carbons (Fsp3) is 0.444. The van der Waals surface area contributed by atoms with Crippen LogP contribution in [-0.2, 0) is 17.8 Å². The van der Waals surface area contributed by atoms with Crippen LogP contribution in [0.15, 0.2) is 53.1 Å². The van der Waals surface area contributed by atoms with Crippen molar-refractivity contribution in [2.75, 3.05) is 26.2 Å². The highest BCUT2D eigenvalue weighted by Crippen LogP contribution is 2.21. The van der Waals surface area contributed by atoms with Crippen LogP contribution in [0.1, 0.15) is 55.2 Å². The van der Waals surface area contributed by atoms with Gasteiger partial charge in [0.15, 0.2) is 0 Å². The molecule has 0 spiro atoms. The van der Waals surface area contributed by atoms with Gasteiger partial charge in [0.2, 0.25) is 17.6 Å². The van der Waals surface area contributed by atoms with Crippen molar-refractivity contribution in [2.45, 2.75) is 52.5 Å². The number of nitrogens with zero attached hydrogens (tertiary/aromatic N) is 4. The second-order valence-corrected chi connectivity index (χ2v) is 9.28. The summed E-state index contributed by atoms with van der Waals surface area (Å²) >= 11 is 0. The maximum Gasteiger partial charge on any atom is 0.227 e. The summed E-state index contributed by atoms with van der Waals surface area (Å²) in [5.41, 5.74) is 4.82. The highest BCUT2D eigenvalue weighted by Gasteiger charge is 2.20. The largest absolute Gasteiger partial charge is 0.341 e.